The highest BCUT2D eigenvalue weighted by Crippen LogP contribution is 2.54. The molecule has 7 heteroatoms. The van der Waals surface area contributed by atoms with Crippen LogP contribution in [0.15, 0.2) is 261 Å². The van der Waals surface area contributed by atoms with E-state index in [0.29, 0.717) is 11.1 Å². The Morgan fingerprint density at radius 3 is 0.580 bits per heavy atom. The lowest BCUT2D eigenvalue weighted by Gasteiger charge is -2.32. The number of nitriles is 2. The van der Waals surface area contributed by atoms with E-state index in [4.69, 9.17) is 0 Å². The monoisotopic (exact) mass is 1030 g/mol. The van der Waals surface area contributed by atoms with Crippen LogP contribution in [-0.2, 0) is 0 Å². The number of benzene rings is 12. The summed E-state index contributed by atoms with van der Waals surface area (Å²) in [6, 6.07) is 98.4. The number of fused-ring (bicyclic) bond motifs is 15. The van der Waals surface area contributed by atoms with Gasteiger partial charge in [0.15, 0.2) is 0 Å². The molecule has 0 amide bonds. The molecule has 0 saturated heterocycles. The number of hydrogen-bond donors (Lipinski definition) is 0. The predicted octanol–water partition coefficient (Wildman–Crippen LogP) is 18.6. The molecule has 0 atom stereocenters. The average Bonchev–Trinajstić information content (AvgIpc) is 3.80. The van der Waals surface area contributed by atoms with E-state index >= 15 is 0 Å². The smallest absolute Gasteiger partial charge is 0.0992 e. The lowest BCUT2D eigenvalue weighted by molar-refractivity contribution is 1.00. The van der Waals surface area contributed by atoms with Gasteiger partial charge in [0.05, 0.1) is 107 Å². The predicted molar refractivity (Wildman–Crippen MR) is 333 cm³/mol. The van der Waals surface area contributed by atoms with Gasteiger partial charge in [-0.05, 0) is 84.4 Å². The zero-order valence-electron chi connectivity index (χ0n) is 43.5. The fourth-order valence-electron chi connectivity index (χ4n) is 13.7. The number of para-hydroxylation sites is 10. The molecule has 5 aromatic heterocycles. The van der Waals surface area contributed by atoms with E-state index in [-0.39, 0.29) is 0 Å². The largest absolute Gasteiger partial charge is 0.306 e. The van der Waals surface area contributed by atoms with Gasteiger partial charge in [0.1, 0.15) is 0 Å². The van der Waals surface area contributed by atoms with Crippen LogP contribution in [0.3, 0.4) is 0 Å². The Bertz CT molecular complexity index is 5090. The van der Waals surface area contributed by atoms with Crippen molar-refractivity contribution >= 4 is 109 Å². The number of hydrogen-bond acceptors (Lipinski definition) is 2. The topological polar surface area (TPSA) is 72.2 Å². The number of nitrogens with zero attached hydrogens (tertiary/aromatic N) is 7. The van der Waals surface area contributed by atoms with Gasteiger partial charge in [0.25, 0.3) is 0 Å². The zero-order valence-corrected chi connectivity index (χ0v) is 43.5. The van der Waals surface area contributed by atoms with Crippen molar-refractivity contribution in [3.63, 3.8) is 0 Å². The molecule has 0 bridgehead atoms. The van der Waals surface area contributed by atoms with E-state index in [1.54, 1.807) is 6.07 Å². The molecule has 0 aliphatic heterocycles. The molecule has 7 nitrogen and oxygen atoms in total. The second-order valence-electron chi connectivity index (χ2n) is 21.0. The molecule has 5 heterocycles. The Hall–Kier alpha value is -11.4. The lowest BCUT2D eigenvalue weighted by Crippen LogP contribution is -2.18. The molecule has 0 aliphatic carbocycles. The van der Waals surface area contributed by atoms with Crippen molar-refractivity contribution in [2.45, 2.75) is 0 Å². The van der Waals surface area contributed by atoms with Gasteiger partial charge in [0, 0.05) is 59.4 Å². The normalized spacial score (nSPS) is 11.9. The second kappa shape index (κ2) is 17.1. The third-order valence-corrected chi connectivity index (χ3v) is 16.9. The van der Waals surface area contributed by atoms with Crippen LogP contribution in [0.25, 0.3) is 149 Å². The molecule has 0 aliphatic rings. The maximum Gasteiger partial charge on any atom is 0.0992 e. The molecular formula is C74H43N7. The molecule has 0 saturated carbocycles. The number of rotatable bonds is 6. The fourth-order valence-corrected chi connectivity index (χ4v) is 13.7. The van der Waals surface area contributed by atoms with Crippen LogP contribution in [0.2, 0.25) is 0 Å². The molecule has 0 radical (unpaired) electrons. The van der Waals surface area contributed by atoms with E-state index < -0.39 is 0 Å². The Labute approximate surface area is 463 Å². The average molecular weight is 1030 g/mol. The van der Waals surface area contributed by atoms with Crippen LogP contribution in [0.5, 0.6) is 0 Å². The summed E-state index contributed by atoms with van der Waals surface area (Å²) in [5.41, 5.74) is 17.0. The molecule has 81 heavy (non-hydrogen) atoms. The standard InChI is InChI=1S/C74H43N7/c75-44-46-41-47(45-76)43-48(42-46)69-70(77-59-31-11-1-21-49(59)50-22-2-12-32-60(50)77)72(79-63-35-15-5-25-53(63)54-26-6-16-36-64(54)79)74(81-67-39-19-9-29-57(67)58-30-10-20-40-68(58)81)73(80-65-37-17-7-27-55(65)56-28-8-18-38-66(56)80)71(69)78-61-33-13-3-23-51(61)52-24-4-14-34-62(52)78/h1-43H. The van der Waals surface area contributed by atoms with E-state index in [1.165, 1.54) is 0 Å². The Morgan fingerprint density at radius 2 is 0.383 bits per heavy atom. The summed E-state index contributed by atoms with van der Waals surface area (Å²) in [7, 11) is 0. The first-order chi connectivity index (χ1) is 40.2. The van der Waals surface area contributed by atoms with Crippen molar-refractivity contribution in [2.24, 2.45) is 0 Å². The molecule has 0 unspecified atom stereocenters. The van der Waals surface area contributed by atoms with Gasteiger partial charge in [-0.1, -0.05) is 182 Å². The molecule has 374 valence electrons. The van der Waals surface area contributed by atoms with Crippen molar-refractivity contribution < 1.29 is 0 Å². The maximum absolute atomic E-state index is 11.2. The minimum Gasteiger partial charge on any atom is -0.306 e. The van der Waals surface area contributed by atoms with Gasteiger partial charge in [-0.15, -0.1) is 0 Å². The molecule has 17 rings (SSSR count). The third-order valence-electron chi connectivity index (χ3n) is 16.9. The number of aromatic nitrogens is 5. The van der Waals surface area contributed by atoms with Crippen molar-refractivity contribution in [3.05, 3.63) is 272 Å². The van der Waals surface area contributed by atoms with Gasteiger partial charge in [-0.3, -0.25) is 0 Å². The summed E-state index contributed by atoms with van der Waals surface area (Å²) in [5.74, 6) is 0. The van der Waals surface area contributed by atoms with Crippen LogP contribution >= 0.6 is 0 Å². The molecule has 12 aromatic carbocycles. The van der Waals surface area contributed by atoms with Gasteiger partial charge in [0.2, 0.25) is 0 Å². The summed E-state index contributed by atoms with van der Waals surface area (Å²) in [5, 5.41) is 33.4. The fraction of sp³-hybridized carbons (Fsp3) is 0. The van der Waals surface area contributed by atoms with E-state index in [1.807, 2.05) is 12.1 Å². The highest BCUT2D eigenvalue weighted by molar-refractivity contribution is 6.19. The minimum atomic E-state index is 0.383. The van der Waals surface area contributed by atoms with E-state index in [9.17, 15) is 10.5 Å². The lowest BCUT2D eigenvalue weighted by atomic mass is 9.92. The Kier molecular flexibility index (Phi) is 9.42. The SMILES string of the molecule is N#Cc1cc(C#N)cc(-c2c(-n3c4ccccc4c4ccccc43)c(-n3c4ccccc4c4ccccc43)c(-n3c4ccccc4c4ccccc43)c(-n3c4ccccc4c4ccccc43)c2-n2c3ccccc3c3ccccc32)c1. The Balaban J connectivity index is 1.31. The first-order valence-electron chi connectivity index (χ1n) is 27.3. The second-order valence-corrected chi connectivity index (χ2v) is 21.0. The highest BCUT2D eigenvalue weighted by Gasteiger charge is 2.37. The Morgan fingerprint density at radius 1 is 0.210 bits per heavy atom. The molecule has 0 spiro atoms. The van der Waals surface area contributed by atoms with Crippen LogP contribution < -0.4 is 0 Å². The quantitative estimate of drug-likeness (QED) is 0.166. The maximum atomic E-state index is 11.2. The summed E-state index contributed by atoms with van der Waals surface area (Å²) in [6.45, 7) is 0. The summed E-state index contributed by atoms with van der Waals surface area (Å²) >= 11 is 0. The van der Waals surface area contributed by atoms with E-state index in [0.717, 1.165) is 149 Å². The third kappa shape index (κ3) is 6.15. The molecule has 0 N–H and O–H groups in total. The van der Waals surface area contributed by atoms with E-state index in [2.05, 4.69) is 278 Å². The molecular weight excluding hydrogens is 987 g/mol. The van der Waals surface area contributed by atoms with Crippen LogP contribution in [0.4, 0.5) is 0 Å². The van der Waals surface area contributed by atoms with Gasteiger partial charge >= 0.3 is 0 Å². The zero-order chi connectivity index (χ0) is 53.4. The molecule has 0 fully saturated rings. The first-order valence-corrected chi connectivity index (χ1v) is 27.3. The van der Waals surface area contributed by atoms with Crippen molar-refractivity contribution in [1.82, 2.24) is 22.8 Å². The minimum absolute atomic E-state index is 0.383. The van der Waals surface area contributed by atoms with Crippen molar-refractivity contribution in [3.8, 4) is 51.7 Å². The van der Waals surface area contributed by atoms with Crippen LogP contribution in [-0.4, -0.2) is 22.8 Å². The van der Waals surface area contributed by atoms with Crippen LogP contribution in [0.1, 0.15) is 11.1 Å². The highest BCUT2D eigenvalue weighted by atomic mass is 15.2. The summed E-state index contributed by atoms with van der Waals surface area (Å²) < 4.78 is 12.5. The van der Waals surface area contributed by atoms with Gasteiger partial charge in [-0.2, -0.15) is 10.5 Å². The van der Waals surface area contributed by atoms with Crippen LogP contribution in [0, 0.1) is 22.7 Å². The molecule has 17 aromatic rings. The van der Waals surface area contributed by atoms with Crippen molar-refractivity contribution in [1.29, 1.82) is 10.5 Å². The summed E-state index contributed by atoms with van der Waals surface area (Å²) in [6.07, 6.45) is 0. The van der Waals surface area contributed by atoms with Gasteiger partial charge < -0.3 is 22.8 Å². The van der Waals surface area contributed by atoms with Gasteiger partial charge in [-0.25, -0.2) is 0 Å². The van der Waals surface area contributed by atoms with Crippen molar-refractivity contribution in [2.75, 3.05) is 0 Å². The first kappa shape index (κ1) is 44.7. The summed E-state index contributed by atoms with van der Waals surface area (Å²) in [4.78, 5) is 0.